The van der Waals surface area contributed by atoms with E-state index < -0.39 is 11.7 Å². The Balaban J connectivity index is 1.88. The SMILES string of the molecule is CN=C(NCC(NC(=O)OC(C)(C)C)C(C)C)N1CCOC(C2CCCO2)C1. The van der Waals surface area contributed by atoms with Crippen LogP contribution in [0.15, 0.2) is 4.99 Å². The molecule has 8 nitrogen and oxygen atoms in total. The number of guanidine groups is 1. The van der Waals surface area contributed by atoms with Gasteiger partial charge in [-0.05, 0) is 39.5 Å². The number of hydrogen-bond acceptors (Lipinski definition) is 5. The Morgan fingerprint density at radius 3 is 2.54 bits per heavy atom. The van der Waals surface area contributed by atoms with Crippen LogP contribution in [0.4, 0.5) is 4.79 Å². The minimum absolute atomic E-state index is 0.0680. The number of carbonyl (C=O) groups is 1. The molecule has 3 atom stereocenters. The molecule has 1 amide bonds. The summed E-state index contributed by atoms with van der Waals surface area (Å²) in [7, 11) is 1.78. The second-order valence-electron chi connectivity index (χ2n) is 8.83. The summed E-state index contributed by atoms with van der Waals surface area (Å²) in [6.45, 7) is 13.3. The third kappa shape index (κ3) is 7.13. The Morgan fingerprint density at radius 2 is 1.96 bits per heavy atom. The molecule has 0 aromatic rings. The van der Waals surface area contributed by atoms with Crippen molar-refractivity contribution in [2.75, 3.05) is 39.9 Å². The van der Waals surface area contributed by atoms with E-state index in [0.29, 0.717) is 13.2 Å². The summed E-state index contributed by atoms with van der Waals surface area (Å²) >= 11 is 0. The van der Waals surface area contributed by atoms with Crippen LogP contribution in [0.3, 0.4) is 0 Å². The van der Waals surface area contributed by atoms with E-state index in [9.17, 15) is 4.79 Å². The highest BCUT2D eigenvalue weighted by Crippen LogP contribution is 2.21. The molecule has 8 heteroatoms. The van der Waals surface area contributed by atoms with E-state index in [4.69, 9.17) is 14.2 Å². The van der Waals surface area contributed by atoms with E-state index in [0.717, 1.165) is 38.5 Å². The Hall–Kier alpha value is -1.54. The van der Waals surface area contributed by atoms with Gasteiger partial charge >= 0.3 is 6.09 Å². The van der Waals surface area contributed by atoms with Gasteiger partial charge in [0.25, 0.3) is 0 Å². The first-order chi connectivity index (χ1) is 13.2. The van der Waals surface area contributed by atoms with Crippen LogP contribution in [-0.4, -0.2) is 80.7 Å². The second-order valence-corrected chi connectivity index (χ2v) is 8.83. The quantitative estimate of drug-likeness (QED) is 0.544. The molecule has 0 aromatic heterocycles. The van der Waals surface area contributed by atoms with Crippen molar-refractivity contribution in [1.82, 2.24) is 15.5 Å². The molecule has 0 bridgehead atoms. The minimum Gasteiger partial charge on any atom is -0.444 e. The van der Waals surface area contributed by atoms with Crippen molar-refractivity contribution in [3.63, 3.8) is 0 Å². The summed E-state index contributed by atoms with van der Waals surface area (Å²) in [6.07, 6.45) is 2.02. The Morgan fingerprint density at radius 1 is 1.25 bits per heavy atom. The van der Waals surface area contributed by atoms with Crippen LogP contribution < -0.4 is 10.6 Å². The number of rotatable bonds is 5. The zero-order valence-corrected chi connectivity index (χ0v) is 18.3. The average molecular weight is 399 g/mol. The van der Waals surface area contributed by atoms with E-state index >= 15 is 0 Å². The third-order valence-electron chi connectivity index (χ3n) is 4.97. The molecule has 0 aromatic carbocycles. The number of aliphatic imine (C=N–C) groups is 1. The molecule has 0 aliphatic carbocycles. The van der Waals surface area contributed by atoms with Crippen LogP contribution in [0, 0.1) is 5.92 Å². The molecular weight excluding hydrogens is 360 g/mol. The Labute approximate surface area is 169 Å². The molecule has 2 saturated heterocycles. The third-order valence-corrected chi connectivity index (χ3v) is 4.97. The Bertz CT molecular complexity index is 527. The first-order valence-corrected chi connectivity index (χ1v) is 10.4. The number of ether oxygens (including phenoxy) is 3. The molecule has 2 rings (SSSR count). The fraction of sp³-hybridized carbons (Fsp3) is 0.900. The molecule has 2 fully saturated rings. The highest BCUT2D eigenvalue weighted by Gasteiger charge is 2.32. The number of hydrogen-bond donors (Lipinski definition) is 2. The molecular formula is C20H38N4O4. The molecule has 0 radical (unpaired) electrons. The summed E-state index contributed by atoms with van der Waals surface area (Å²) in [6, 6.07) is -0.0680. The van der Waals surface area contributed by atoms with E-state index in [1.807, 2.05) is 20.8 Å². The van der Waals surface area contributed by atoms with Crippen molar-refractivity contribution in [3.8, 4) is 0 Å². The van der Waals surface area contributed by atoms with Crippen LogP contribution >= 0.6 is 0 Å². The summed E-state index contributed by atoms with van der Waals surface area (Å²) in [5.74, 6) is 1.07. The van der Waals surface area contributed by atoms with Crippen LogP contribution in [0.2, 0.25) is 0 Å². The molecule has 2 heterocycles. The van der Waals surface area contributed by atoms with Crippen LogP contribution in [0.1, 0.15) is 47.5 Å². The lowest BCUT2D eigenvalue weighted by Gasteiger charge is -2.37. The van der Waals surface area contributed by atoms with Gasteiger partial charge in [0.1, 0.15) is 11.7 Å². The molecule has 162 valence electrons. The zero-order valence-electron chi connectivity index (χ0n) is 18.3. The van der Waals surface area contributed by atoms with Crippen molar-refractivity contribution >= 4 is 12.1 Å². The Kier molecular flexibility index (Phi) is 8.37. The van der Waals surface area contributed by atoms with Crippen molar-refractivity contribution in [3.05, 3.63) is 0 Å². The summed E-state index contributed by atoms with van der Waals surface area (Å²) in [4.78, 5) is 18.8. The smallest absolute Gasteiger partial charge is 0.407 e. The van der Waals surface area contributed by atoms with Gasteiger partial charge in [-0.3, -0.25) is 4.99 Å². The summed E-state index contributed by atoms with van der Waals surface area (Å²) in [5.41, 5.74) is -0.514. The van der Waals surface area contributed by atoms with Gasteiger partial charge in [0.05, 0.1) is 18.8 Å². The maximum Gasteiger partial charge on any atom is 0.407 e. The maximum atomic E-state index is 12.1. The largest absolute Gasteiger partial charge is 0.444 e. The fourth-order valence-electron chi connectivity index (χ4n) is 3.43. The summed E-state index contributed by atoms with van der Waals surface area (Å²) < 4.78 is 17.1. The van der Waals surface area contributed by atoms with E-state index in [1.54, 1.807) is 7.05 Å². The van der Waals surface area contributed by atoms with E-state index in [1.165, 1.54) is 0 Å². The van der Waals surface area contributed by atoms with Gasteiger partial charge < -0.3 is 29.7 Å². The molecule has 2 aliphatic rings. The first kappa shape index (κ1) is 22.7. The van der Waals surface area contributed by atoms with E-state index in [-0.39, 0.29) is 24.2 Å². The van der Waals surface area contributed by atoms with Crippen molar-refractivity contribution in [1.29, 1.82) is 0 Å². The molecule has 0 spiro atoms. The van der Waals surface area contributed by atoms with Crippen molar-refractivity contribution in [2.45, 2.75) is 71.3 Å². The lowest BCUT2D eigenvalue weighted by atomic mass is 10.0. The topological polar surface area (TPSA) is 84.4 Å². The second kappa shape index (κ2) is 10.3. The van der Waals surface area contributed by atoms with Crippen LogP contribution in [-0.2, 0) is 14.2 Å². The molecule has 2 aliphatic heterocycles. The first-order valence-electron chi connectivity index (χ1n) is 10.4. The van der Waals surface area contributed by atoms with Gasteiger partial charge in [0.15, 0.2) is 5.96 Å². The van der Waals surface area contributed by atoms with Gasteiger partial charge in [-0.25, -0.2) is 4.79 Å². The fourth-order valence-corrected chi connectivity index (χ4v) is 3.43. The maximum absolute atomic E-state index is 12.1. The number of nitrogens with one attached hydrogen (secondary N) is 2. The lowest BCUT2D eigenvalue weighted by Crippen LogP contribution is -2.55. The standard InChI is InChI=1S/C20H38N4O4/c1-14(2)15(23-19(25)28-20(3,4)5)12-22-18(21-6)24-9-11-27-17(13-24)16-8-7-10-26-16/h14-17H,7-13H2,1-6H3,(H,21,22)(H,23,25). The monoisotopic (exact) mass is 398 g/mol. The van der Waals surface area contributed by atoms with Gasteiger partial charge in [-0.2, -0.15) is 0 Å². The molecule has 28 heavy (non-hydrogen) atoms. The summed E-state index contributed by atoms with van der Waals surface area (Å²) in [5, 5.41) is 6.38. The van der Waals surface area contributed by atoms with Gasteiger partial charge in [0.2, 0.25) is 0 Å². The number of amides is 1. The number of morpholine rings is 1. The van der Waals surface area contributed by atoms with Crippen LogP contribution in [0.25, 0.3) is 0 Å². The molecule has 0 saturated carbocycles. The molecule has 2 N–H and O–H groups in total. The highest BCUT2D eigenvalue weighted by molar-refractivity contribution is 5.80. The number of nitrogens with zero attached hydrogens (tertiary/aromatic N) is 2. The van der Waals surface area contributed by atoms with Crippen molar-refractivity contribution in [2.24, 2.45) is 10.9 Å². The molecule has 3 unspecified atom stereocenters. The van der Waals surface area contributed by atoms with Gasteiger partial charge in [-0.15, -0.1) is 0 Å². The van der Waals surface area contributed by atoms with Gasteiger partial charge in [0, 0.05) is 33.3 Å². The number of alkyl carbamates (subject to hydrolysis) is 1. The normalized spacial score (nSPS) is 25.0. The minimum atomic E-state index is -0.514. The lowest BCUT2D eigenvalue weighted by molar-refractivity contribution is -0.0817. The predicted molar refractivity (Wildman–Crippen MR) is 110 cm³/mol. The average Bonchev–Trinajstić information content (AvgIpc) is 3.14. The van der Waals surface area contributed by atoms with Gasteiger partial charge in [-0.1, -0.05) is 13.8 Å². The van der Waals surface area contributed by atoms with Crippen molar-refractivity contribution < 1.29 is 19.0 Å². The number of carbonyl (C=O) groups excluding carboxylic acids is 1. The predicted octanol–water partition coefficient (Wildman–Crippen LogP) is 1.99. The van der Waals surface area contributed by atoms with Crippen LogP contribution in [0.5, 0.6) is 0 Å². The zero-order chi connectivity index (χ0) is 20.7. The van der Waals surface area contributed by atoms with E-state index in [2.05, 4.69) is 34.4 Å². The highest BCUT2D eigenvalue weighted by atomic mass is 16.6.